The van der Waals surface area contributed by atoms with Crippen LogP contribution in [0.2, 0.25) is 0 Å². The first-order valence-electron chi connectivity index (χ1n) is 5.18. The molecule has 2 aliphatic carbocycles. The van der Waals surface area contributed by atoms with Gasteiger partial charge in [0.2, 0.25) is 0 Å². The second-order valence-electron chi connectivity index (χ2n) is 4.73. The van der Waals surface area contributed by atoms with Crippen molar-refractivity contribution in [2.24, 2.45) is 23.7 Å². The summed E-state index contributed by atoms with van der Waals surface area (Å²) in [6, 6.07) is 0. The molecule has 0 aromatic rings. The van der Waals surface area contributed by atoms with Crippen molar-refractivity contribution in [1.29, 1.82) is 0 Å². The van der Waals surface area contributed by atoms with Crippen LogP contribution in [0.15, 0.2) is 0 Å². The van der Waals surface area contributed by atoms with Gasteiger partial charge in [-0.1, -0.05) is 13.8 Å². The number of rotatable bonds is 1. The second-order valence-corrected chi connectivity index (χ2v) is 4.73. The minimum absolute atomic E-state index is 0.198. The lowest BCUT2D eigenvalue weighted by Gasteiger charge is -2.27. The van der Waals surface area contributed by atoms with E-state index >= 15 is 0 Å². The monoisotopic (exact) mass is 180 g/mol. The highest BCUT2D eigenvalue weighted by molar-refractivity contribution is 6.07. The third-order valence-electron chi connectivity index (χ3n) is 3.52. The largest absolute Gasteiger partial charge is 0.299 e. The molecule has 0 N–H and O–H groups in total. The van der Waals surface area contributed by atoms with Crippen LogP contribution in [-0.2, 0) is 9.59 Å². The van der Waals surface area contributed by atoms with E-state index in [1.165, 1.54) is 0 Å². The molecule has 0 aromatic carbocycles. The molecule has 2 bridgehead atoms. The predicted octanol–water partition coefficient (Wildman–Crippen LogP) is 1.83. The van der Waals surface area contributed by atoms with Crippen LogP contribution in [-0.4, -0.2) is 11.6 Å². The third kappa shape index (κ3) is 1.23. The van der Waals surface area contributed by atoms with Gasteiger partial charge in [0.1, 0.15) is 11.6 Å². The van der Waals surface area contributed by atoms with E-state index in [9.17, 15) is 9.59 Å². The molecule has 0 radical (unpaired) electrons. The summed E-state index contributed by atoms with van der Waals surface area (Å²) in [7, 11) is 0. The molecule has 0 aromatic heterocycles. The lowest BCUT2D eigenvalue weighted by atomic mass is 9.74. The summed E-state index contributed by atoms with van der Waals surface area (Å²) < 4.78 is 0. The van der Waals surface area contributed by atoms with Crippen molar-refractivity contribution in [3.05, 3.63) is 0 Å². The summed E-state index contributed by atoms with van der Waals surface area (Å²) in [6.07, 6.45) is 2.76. The van der Waals surface area contributed by atoms with Crippen LogP contribution in [0.3, 0.4) is 0 Å². The Kier molecular flexibility index (Phi) is 2.01. The predicted molar refractivity (Wildman–Crippen MR) is 49.2 cm³/mol. The first-order valence-corrected chi connectivity index (χ1v) is 5.18. The van der Waals surface area contributed by atoms with E-state index in [2.05, 4.69) is 0 Å². The van der Waals surface area contributed by atoms with Crippen LogP contribution in [0, 0.1) is 23.7 Å². The number of Topliss-reactive ketones (excluding diaryl/α,β-unsaturated/α-hetero) is 2. The van der Waals surface area contributed by atoms with Gasteiger partial charge >= 0.3 is 0 Å². The Morgan fingerprint density at radius 2 is 1.54 bits per heavy atom. The van der Waals surface area contributed by atoms with Crippen molar-refractivity contribution in [2.45, 2.75) is 33.1 Å². The average Bonchev–Trinajstić information content (AvgIpc) is 2.46. The van der Waals surface area contributed by atoms with E-state index in [1.54, 1.807) is 0 Å². The van der Waals surface area contributed by atoms with Crippen molar-refractivity contribution in [3.63, 3.8) is 0 Å². The minimum Gasteiger partial charge on any atom is -0.299 e. The van der Waals surface area contributed by atoms with Crippen LogP contribution in [0.1, 0.15) is 33.1 Å². The SMILES string of the molecule is CC(C)C1C(=O)C2CCC(C2)C1=O. The van der Waals surface area contributed by atoms with Crippen LogP contribution in [0.5, 0.6) is 0 Å². The lowest BCUT2D eigenvalue weighted by Crippen LogP contribution is -2.39. The first-order chi connectivity index (χ1) is 6.11. The smallest absolute Gasteiger partial charge is 0.146 e. The summed E-state index contributed by atoms with van der Waals surface area (Å²) in [5, 5.41) is 0. The van der Waals surface area contributed by atoms with E-state index in [1.807, 2.05) is 13.8 Å². The molecule has 2 saturated carbocycles. The molecule has 2 unspecified atom stereocenters. The fourth-order valence-corrected chi connectivity index (χ4v) is 2.80. The molecule has 2 nitrogen and oxygen atoms in total. The number of hydrogen-bond donors (Lipinski definition) is 0. The standard InChI is InChI=1S/C11H16O2/c1-6(2)9-10(12)7-3-4-8(5-7)11(9)13/h6-9H,3-5H2,1-2H3. The Balaban J connectivity index is 2.28. The fourth-order valence-electron chi connectivity index (χ4n) is 2.80. The molecular weight excluding hydrogens is 164 g/mol. The summed E-state index contributed by atoms with van der Waals surface area (Å²) in [4.78, 5) is 23.6. The van der Waals surface area contributed by atoms with Gasteiger partial charge in [-0.15, -0.1) is 0 Å². The van der Waals surface area contributed by atoms with Gasteiger partial charge in [0.25, 0.3) is 0 Å². The Hall–Kier alpha value is -0.660. The fraction of sp³-hybridized carbons (Fsp3) is 0.818. The molecule has 0 aliphatic heterocycles. The minimum atomic E-state index is -0.272. The van der Waals surface area contributed by atoms with Crippen molar-refractivity contribution in [2.75, 3.05) is 0 Å². The maximum Gasteiger partial charge on any atom is 0.146 e. The summed E-state index contributed by atoms with van der Waals surface area (Å²) >= 11 is 0. The van der Waals surface area contributed by atoms with Gasteiger partial charge in [0.05, 0.1) is 5.92 Å². The molecule has 0 heterocycles. The summed E-state index contributed by atoms with van der Waals surface area (Å²) in [6.45, 7) is 3.95. The highest BCUT2D eigenvalue weighted by Gasteiger charge is 2.47. The summed E-state index contributed by atoms with van der Waals surface area (Å²) in [5.41, 5.74) is 0. The maximum atomic E-state index is 11.8. The third-order valence-corrected chi connectivity index (χ3v) is 3.52. The second kappa shape index (κ2) is 2.93. The zero-order chi connectivity index (χ0) is 9.59. The van der Waals surface area contributed by atoms with Crippen LogP contribution in [0.4, 0.5) is 0 Å². The van der Waals surface area contributed by atoms with Crippen LogP contribution < -0.4 is 0 Å². The highest BCUT2D eigenvalue weighted by atomic mass is 16.2. The number of carbonyl (C=O) groups is 2. The molecule has 0 saturated heterocycles. The van der Waals surface area contributed by atoms with Gasteiger partial charge in [0, 0.05) is 11.8 Å². The molecule has 2 fully saturated rings. The molecule has 72 valence electrons. The number of ketones is 2. The van der Waals surface area contributed by atoms with E-state index < -0.39 is 0 Å². The van der Waals surface area contributed by atoms with Crippen LogP contribution in [0.25, 0.3) is 0 Å². The zero-order valence-corrected chi connectivity index (χ0v) is 8.25. The van der Waals surface area contributed by atoms with E-state index in [4.69, 9.17) is 0 Å². The Labute approximate surface area is 78.7 Å². The van der Waals surface area contributed by atoms with Crippen molar-refractivity contribution >= 4 is 11.6 Å². The van der Waals surface area contributed by atoms with Gasteiger partial charge in [-0.05, 0) is 25.2 Å². The molecule has 2 atom stereocenters. The average molecular weight is 180 g/mol. The van der Waals surface area contributed by atoms with E-state index in [0.717, 1.165) is 19.3 Å². The molecule has 2 aliphatic rings. The van der Waals surface area contributed by atoms with Gasteiger partial charge in [-0.3, -0.25) is 9.59 Å². The van der Waals surface area contributed by atoms with E-state index in [-0.39, 0.29) is 35.2 Å². The normalized spacial score (nSPS) is 38.8. The van der Waals surface area contributed by atoms with Crippen molar-refractivity contribution in [3.8, 4) is 0 Å². The number of hydrogen-bond acceptors (Lipinski definition) is 2. The van der Waals surface area contributed by atoms with Crippen LogP contribution >= 0.6 is 0 Å². The van der Waals surface area contributed by atoms with Crippen molar-refractivity contribution in [1.82, 2.24) is 0 Å². The molecule has 0 amide bonds. The van der Waals surface area contributed by atoms with Crippen molar-refractivity contribution < 1.29 is 9.59 Å². The molecule has 2 rings (SSSR count). The molecule has 0 spiro atoms. The zero-order valence-electron chi connectivity index (χ0n) is 8.25. The quantitative estimate of drug-likeness (QED) is 0.577. The van der Waals surface area contributed by atoms with Gasteiger partial charge in [0.15, 0.2) is 0 Å². The lowest BCUT2D eigenvalue weighted by molar-refractivity contribution is -0.141. The maximum absolute atomic E-state index is 11.8. The molecule has 2 heteroatoms. The molecule has 13 heavy (non-hydrogen) atoms. The topological polar surface area (TPSA) is 34.1 Å². The number of fused-ring (bicyclic) bond motifs is 2. The van der Waals surface area contributed by atoms with Gasteiger partial charge in [-0.2, -0.15) is 0 Å². The highest BCUT2D eigenvalue weighted by Crippen LogP contribution is 2.42. The van der Waals surface area contributed by atoms with Gasteiger partial charge in [-0.25, -0.2) is 0 Å². The molecular formula is C11H16O2. The Morgan fingerprint density at radius 3 is 1.92 bits per heavy atom. The van der Waals surface area contributed by atoms with E-state index in [0.29, 0.717) is 0 Å². The number of carbonyl (C=O) groups excluding carboxylic acids is 2. The van der Waals surface area contributed by atoms with Gasteiger partial charge < -0.3 is 0 Å². The first kappa shape index (κ1) is 8.92. The summed E-state index contributed by atoms with van der Waals surface area (Å²) in [5.74, 6) is 0.822. The Morgan fingerprint density at radius 1 is 1.08 bits per heavy atom. The Bertz CT molecular complexity index is 233.